The van der Waals surface area contributed by atoms with E-state index in [1.54, 1.807) is 0 Å². The molecule has 1 amide bonds. The summed E-state index contributed by atoms with van der Waals surface area (Å²) in [7, 11) is 0. The van der Waals surface area contributed by atoms with E-state index in [4.69, 9.17) is 11.5 Å². The van der Waals surface area contributed by atoms with Crippen molar-refractivity contribution in [1.29, 1.82) is 0 Å². The normalized spacial score (nSPS) is 12.3. The van der Waals surface area contributed by atoms with Crippen LogP contribution in [0, 0.1) is 0 Å². The molecule has 0 aliphatic carbocycles. The van der Waals surface area contributed by atoms with E-state index < -0.39 is 0 Å². The van der Waals surface area contributed by atoms with Crippen molar-refractivity contribution in [2.24, 2.45) is 11.5 Å². The predicted octanol–water partition coefficient (Wildman–Crippen LogP) is 5.04. The van der Waals surface area contributed by atoms with E-state index in [9.17, 15) is 4.79 Å². The topological polar surface area (TPSA) is 81.1 Å². The second-order valence-corrected chi connectivity index (χ2v) is 7.84. The van der Waals surface area contributed by atoms with Crippen LogP contribution in [0.2, 0.25) is 0 Å². The highest BCUT2D eigenvalue weighted by atomic mass is 16.1. The molecule has 1 atom stereocenters. The van der Waals surface area contributed by atoms with E-state index in [1.807, 2.05) is 0 Å². The molecule has 0 aliphatic rings. The first-order valence-electron chi connectivity index (χ1n) is 11.4. The Morgan fingerprint density at radius 1 is 0.769 bits per heavy atom. The summed E-state index contributed by atoms with van der Waals surface area (Å²) in [5.41, 5.74) is 11.3. The lowest BCUT2D eigenvalue weighted by molar-refractivity contribution is -0.121. The smallest absolute Gasteiger partial charge is 0.220 e. The lowest BCUT2D eigenvalue weighted by Crippen LogP contribution is -2.38. The summed E-state index contributed by atoms with van der Waals surface area (Å²) in [6.45, 7) is 3.41. The molecule has 0 bridgehead atoms. The van der Waals surface area contributed by atoms with Crippen LogP contribution in [0.4, 0.5) is 0 Å². The molecule has 0 heterocycles. The van der Waals surface area contributed by atoms with Crippen LogP contribution >= 0.6 is 0 Å². The summed E-state index contributed by atoms with van der Waals surface area (Å²) in [5, 5.41) is 2.90. The Morgan fingerprint density at radius 3 is 1.62 bits per heavy atom. The molecule has 5 N–H and O–H groups in total. The van der Waals surface area contributed by atoms with E-state index in [-0.39, 0.29) is 11.9 Å². The number of carbonyl (C=O) groups is 1. The Morgan fingerprint density at radius 2 is 1.19 bits per heavy atom. The standard InChI is InChI=1S/C22H47N3O/c1-2-3-4-5-6-7-8-9-10-11-12-13-14-15-16-17-22(26)25-20-21(24)18-19-23/h21H,2-20,23-24H2,1H3,(H,25,26). The third-order valence-corrected chi connectivity index (χ3v) is 5.11. The molecule has 0 saturated carbocycles. The molecule has 0 spiro atoms. The maximum atomic E-state index is 11.7. The molecule has 1 unspecified atom stereocenters. The van der Waals surface area contributed by atoms with Gasteiger partial charge < -0.3 is 16.8 Å². The van der Waals surface area contributed by atoms with E-state index in [0.29, 0.717) is 19.5 Å². The van der Waals surface area contributed by atoms with E-state index in [2.05, 4.69) is 12.2 Å². The van der Waals surface area contributed by atoms with Crippen molar-refractivity contribution in [3.05, 3.63) is 0 Å². The number of nitrogens with one attached hydrogen (secondary N) is 1. The van der Waals surface area contributed by atoms with Crippen LogP contribution in [-0.2, 0) is 4.79 Å². The van der Waals surface area contributed by atoms with Crippen LogP contribution in [-0.4, -0.2) is 25.0 Å². The minimum atomic E-state index is -0.00925. The molecular formula is C22H47N3O. The highest BCUT2D eigenvalue weighted by molar-refractivity contribution is 5.75. The molecule has 0 aromatic rings. The quantitative estimate of drug-likeness (QED) is 0.263. The van der Waals surface area contributed by atoms with Crippen LogP contribution in [0.1, 0.15) is 116 Å². The molecule has 0 saturated heterocycles. The van der Waals surface area contributed by atoms with Gasteiger partial charge in [-0.25, -0.2) is 0 Å². The van der Waals surface area contributed by atoms with E-state index >= 15 is 0 Å². The van der Waals surface area contributed by atoms with Crippen molar-refractivity contribution in [3.8, 4) is 0 Å². The van der Waals surface area contributed by atoms with Gasteiger partial charge in [-0.1, -0.05) is 96.8 Å². The van der Waals surface area contributed by atoms with Crippen molar-refractivity contribution in [2.75, 3.05) is 13.1 Å². The Kier molecular flexibility index (Phi) is 20.2. The zero-order chi connectivity index (χ0) is 19.3. The van der Waals surface area contributed by atoms with Crippen LogP contribution in [0.25, 0.3) is 0 Å². The zero-order valence-electron chi connectivity index (χ0n) is 17.6. The largest absolute Gasteiger partial charge is 0.355 e. The highest BCUT2D eigenvalue weighted by Gasteiger charge is 2.04. The van der Waals surface area contributed by atoms with Crippen LogP contribution in [0.5, 0.6) is 0 Å². The molecule has 0 aromatic heterocycles. The molecule has 4 heteroatoms. The first kappa shape index (κ1) is 25.4. The third-order valence-electron chi connectivity index (χ3n) is 5.11. The second kappa shape index (κ2) is 20.7. The average molecular weight is 370 g/mol. The molecule has 156 valence electrons. The number of amides is 1. The summed E-state index contributed by atoms with van der Waals surface area (Å²) in [5.74, 6) is 0.132. The van der Waals surface area contributed by atoms with Gasteiger partial charge in [0.25, 0.3) is 0 Å². The monoisotopic (exact) mass is 369 g/mol. The van der Waals surface area contributed by atoms with Gasteiger partial charge in [-0.3, -0.25) is 4.79 Å². The van der Waals surface area contributed by atoms with Gasteiger partial charge >= 0.3 is 0 Å². The highest BCUT2D eigenvalue weighted by Crippen LogP contribution is 2.13. The molecule has 0 fully saturated rings. The molecule has 0 rings (SSSR count). The fourth-order valence-electron chi connectivity index (χ4n) is 3.31. The fourth-order valence-corrected chi connectivity index (χ4v) is 3.31. The third kappa shape index (κ3) is 19.7. The van der Waals surface area contributed by atoms with Gasteiger partial charge in [0.15, 0.2) is 0 Å². The zero-order valence-corrected chi connectivity index (χ0v) is 17.6. The van der Waals surface area contributed by atoms with Crippen molar-refractivity contribution in [1.82, 2.24) is 5.32 Å². The number of hydrogen-bond donors (Lipinski definition) is 3. The summed E-state index contributed by atoms with van der Waals surface area (Å²) in [4.78, 5) is 11.7. The maximum Gasteiger partial charge on any atom is 0.220 e. The Bertz CT molecular complexity index is 297. The SMILES string of the molecule is CCCCCCCCCCCCCCCCCC(=O)NCC(N)CCN. The van der Waals surface area contributed by atoms with Crippen molar-refractivity contribution in [3.63, 3.8) is 0 Å². The van der Waals surface area contributed by atoms with Gasteiger partial charge in [0.1, 0.15) is 0 Å². The minimum Gasteiger partial charge on any atom is -0.355 e. The number of carbonyl (C=O) groups excluding carboxylic acids is 1. The lowest BCUT2D eigenvalue weighted by Gasteiger charge is -2.11. The van der Waals surface area contributed by atoms with Gasteiger partial charge in [-0.15, -0.1) is 0 Å². The Hall–Kier alpha value is -0.610. The van der Waals surface area contributed by atoms with Crippen molar-refractivity contribution < 1.29 is 4.79 Å². The van der Waals surface area contributed by atoms with E-state index in [1.165, 1.54) is 89.9 Å². The molecular weight excluding hydrogens is 322 g/mol. The van der Waals surface area contributed by atoms with Gasteiger partial charge in [0.05, 0.1) is 0 Å². The lowest BCUT2D eigenvalue weighted by atomic mass is 10.0. The number of hydrogen-bond acceptors (Lipinski definition) is 3. The molecule has 0 aromatic carbocycles. The molecule has 0 aliphatic heterocycles. The first-order valence-corrected chi connectivity index (χ1v) is 11.4. The van der Waals surface area contributed by atoms with E-state index in [0.717, 1.165) is 12.8 Å². The second-order valence-electron chi connectivity index (χ2n) is 7.84. The van der Waals surface area contributed by atoms with Gasteiger partial charge in [-0.05, 0) is 19.4 Å². The fraction of sp³-hybridized carbons (Fsp3) is 0.955. The number of unbranched alkanes of at least 4 members (excludes halogenated alkanes) is 14. The summed E-state index contributed by atoms with van der Waals surface area (Å²) in [6, 6.07) is -0.00925. The van der Waals surface area contributed by atoms with Gasteiger partial charge in [0.2, 0.25) is 5.91 Å². The first-order chi connectivity index (χ1) is 12.7. The summed E-state index contributed by atoms with van der Waals surface area (Å²) in [6.07, 6.45) is 21.6. The van der Waals surface area contributed by atoms with Crippen LogP contribution < -0.4 is 16.8 Å². The Labute approximate surface area is 163 Å². The van der Waals surface area contributed by atoms with Gasteiger partial charge in [0, 0.05) is 19.0 Å². The van der Waals surface area contributed by atoms with Crippen LogP contribution in [0.15, 0.2) is 0 Å². The predicted molar refractivity (Wildman–Crippen MR) is 114 cm³/mol. The average Bonchev–Trinajstić information content (AvgIpc) is 2.63. The number of rotatable bonds is 20. The Balaban J connectivity index is 3.16. The summed E-state index contributed by atoms with van der Waals surface area (Å²) >= 11 is 0. The van der Waals surface area contributed by atoms with Gasteiger partial charge in [-0.2, -0.15) is 0 Å². The molecule has 26 heavy (non-hydrogen) atoms. The maximum absolute atomic E-state index is 11.7. The van der Waals surface area contributed by atoms with Crippen molar-refractivity contribution >= 4 is 5.91 Å². The molecule has 0 radical (unpaired) electrons. The summed E-state index contributed by atoms with van der Waals surface area (Å²) < 4.78 is 0. The number of nitrogens with two attached hydrogens (primary N) is 2. The minimum absolute atomic E-state index is 0.00925. The van der Waals surface area contributed by atoms with Crippen LogP contribution in [0.3, 0.4) is 0 Å². The van der Waals surface area contributed by atoms with Crippen molar-refractivity contribution in [2.45, 2.75) is 122 Å². The molecule has 4 nitrogen and oxygen atoms in total.